The summed E-state index contributed by atoms with van der Waals surface area (Å²) >= 11 is 3.25. The van der Waals surface area contributed by atoms with E-state index in [4.69, 9.17) is 0 Å². The smallest absolute Gasteiger partial charge is 0.258 e. The molecule has 1 amide bonds. The molecule has 4 rings (SSSR count). The van der Waals surface area contributed by atoms with E-state index < -0.39 is 11.7 Å². The van der Waals surface area contributed by atoms with E-state index in [9.17, 15) is 9.18 Å². The maximum atomic E-state index is 13.8. The summed E-state index contributed by atoms with van der Waals surface area (Å²) in [5, 5.41) is 2.71. The van der Waals surface area contributed by atoms with Crippen LogP contribution in [0.25, 0.3) is 16.7 Å². The number of nitrogens with zero attached hydrogens (tertiary/aromatic N) is 2. The number of hydrogen-bond donors (Lipinski definition) is 1. The molecule has 0 aliphatic rings. The van der Waals surface area contributed by atoms with Crippen molar-refractivity contribution in [1.82, 2.24) is 9.55 Å². The van der Waals surface area contributed by atoms with Gasteiger partial charge < -0.3 is 5.32 Å². The predicted molar refractivity (Wildman–Crippen MR) is 103 cm³/mol. The van der Waals surface area contributed by atoms with Crippen LogP contribution in [0.5, 0.6) is 0 Å². The second-order valence-electron chi connectivity index (χ2n) is 5.73. The molecule has 0 atom stereocenters. The van der Waals surface area contributed by atoms with Gasteiger partial charge in [0.25, 0.3) is 5.91 Å². The number of aromatic nitrogens is 2. The first-order chi connectivity index (χ1) is 12.6. The lowest BCUT2D eigenvalue weighted by atomic mass is 10.2. The van der Waals surface area contributed by atoms with Gasteiger partial charge in [0.2, 0.25) is 0 Å². The molecule has 1 heterocycles. The zero-order valence-corrected chi connectivity index (χ0v) is 15.1. The summed E-state index contributed by atoms with van der Waals surface area (Å²) in [4.78, 5) is 16.7. The van der Waals surface area contributed by atoms with Gasteiger partial charge in [-0.05, 0) is 54.6 Å². The van der Waals surface area contributed by atoms with E-state index >= 15 is 0 Å². The quantitative estimate of drug-likeness (QED) is 0.506. The van der Waals surface area contributed by atoms with Crippen LogP contribution >= 0.6 is 15.9 Å². The van der Waals surface area contributed by atoms with Crippen LogP contribution < -0.4 is 5.32 Å². The first-order valence-electron chi connectivity index (χ1n) is 7.91. The number of rotatable bonds is 3. The van der Waals surface area contributed by atoms with Gasteiger partial charge >= 0.3 is 0 Å². The highest BCUT2D eigenvalue weighted by Gasteiger charge is 2.12. The Hall–Kier alpha value is -2.99. The van der Waals surface area contributed by atoms with Crippen LogP contribution in [-0.2, 0) is 0 Å². The van der Waals surface area contributed by atoms with Crippen LogP contribution in [0.3, 0.4) is 0 Å². The Labute approximate surface area is 157 Å². The zero-order chi connectivity index (χ0) is 18.1. The summed E-state index contributed by atoms with van der Waals surface area (Å²) in [5.74, 6) is -1.06. The third kappa shape index (κ3) is 3.11. The van der Waals surface area contributed by atoms with E-state index in [0.29, 0.717) is 10.2 Å². The molecule has 128 valence electrons. The summed E-state index contributed by atoms with van der Waals surface area (Å²) in [6.45, 7) is 0. The number of hydrogen-bond acceptors (Lipinski definition) is 2. The Morgan fingerprint density at radius 3 is 2.62 bits per heavy atom. The Kier molecular flexibility index (Phi) is 4.26. The van der Waals surface area contributed by atoms with Gasteiger partial charge in [-0.25, -0.2) is 9.37 Å². The number of nitrogens with one attached hydrogen (secondary N) is 1. The van der Waals surface area contributed by atoms with Crippen LogP contribution in [0.15, 0.2) is 77.5 Å². The second kappa shape index (κ2) is 6.72. The molecule has 0 aliphatic heterocycles. The van der Waals surface area contributed by atoms with Crippen molar-refractivity contribution >= 4 is 38.6 Å². The third-order valence-electron chi connectivity index (χ3n) is 4.03. The van der Waals surface area contributed by atoms with Gasteiger partial charge in [0.05, 0.1) is 16.6 Å². The molecule has 1 aromatic heterocycles. The largest absolute Gasteiger partial charge is 0.322 e. The molecule has 0 saturated heterocycles. The SMILES string of the molecule is O=C(Nc1ccc(-n2cnc3ccccc32)cc1)c1cc(Br)ccc1F. The minimum Gasteiger partial charge on any atom is -0.322 e. The first-order valence-corrected chi connectivity index (χ1v) is 8.70. The molecular weight excluding hydrogens is 397 g/mol. The van der Waals surface area contributed by atoms with Gasteiger partial charge in [-0.2, -0.15) is 0 Å². The molecule has 4 aromatic rings. The molecule has 26 heavy (non-hydrogen) atoms. The van der Waals surface area contributed by atoms with Crippen LogP contribution in [0.4, 0.5) is 10.1 Å². The van der Waals surface area contributed by atoms with E-state index in [2.05, 4.69) is 26.2 Å². The fourth-order valence-electron chi connectivity index (χ4n) is 2.74. The number of amides is 1. The molecule has 0 bridgehead atoms. The molecule has 0 unspecified atom stereocenters. The van der Waals surface area contributed by atoms with E-state index in [1.54, 1.807) is 24.5 Å². The molecule has 0 radical (unpaired) electrons. The summed E-state index contributed by atoms with van der Waals surface area (Å²) in [7, 11) is 0. The Balaban J connectivity index is 1.58. The number of anilines is 1. The minimum atomic E-state index is -0.563. The summed E-state index contributed by atoms with van der Waals surface area (Å²) in [6, 6.07) is 19.4. The summed E-state index contributed by atoms with van der Waals surface area (Å²) < 4.78 is 16.4. The molecule has 6 heteroatoms. The average Bonchev–Trinajstić information content (AvgIpc) is 3.08. The van der Waals surface area contributed by atoms with Gasteiger partial charge in [0, 0.05) is 15.8 Å². The van der Waals surface area contributed by atoms with Crippen LogP contribution in [0, 0.1) is 5.82 Å². The molecule has 1 N–H and O–H groups in total. The number of benzene rings is 3. The van der Waals surface area contributed by atoms with Crippen LogP contribution in [0.2, 0.25) is 0 Å². The Morgan fingerprint density at radius 1 is 1.04 bits per heavy atom. The molecular formula is C20H13BrFN3O. The second-order valence-corrected chi connectivity index (χ2v) is 6.64. The van der Waals surface area contributed by atoms with Crippen molar-refractivity contribution in [3.05, 3.63) is 88.9 Å². The van der Waals surface area contributed by atoms with Crippen LogP contribution in [0.1, 0.15) is 10.4 Å². The molecule has 3 aromatic carbocycles. The predicted octanol–water partition coefficient (Wildman–Crippen LogP) is 5.18. The van der Waals surface area contributed by atoms with Crippen LogP contribution in [-0.4, -0.2) is 15.5 Å². The Bertz CT molecular complexity index is 1110. The van der Waals surface area contributed by atoms with Gasteiger partial charge in [-0.3, -0.25) is 9.36 Å². The lowest BCUT2D eigenvalue weighted by Gasteiger charge is -2.09. The molecule has 0 aliphatic carbocycles. The monoisotopic (exact) mass is 409 g/mol. The molecule has 4 nitrogen and oxygen atoms in total. The molecule has 0 spiro atoms. The summed E-state index contributed by atoms with van der Waals surface area (Å²) in [5.41, 5.74) is 3.41. The average molecular weight is 410 g/mol. The number of para-hydroxylation sites is 2. The number of carbonyl (C=O) groups is 1. The highest BCUT2D eigenvalue weighted by atomic mass is 79.9. The number of halogens is 2. The van der Waals surface area contributed by atoms with E-state index in [0.717, 1.165) is 16.7 Å². The topological polar surface area (TPSA) is 46.9 Å². The lowest BCUT2D eigenvalue weighted by molar-refractivity contribution is 0.102. The highest BCUT2D eigenvalue weighted by molar-refractivity contribution is 9.10. The van der Waals surface area contributed by atoms with Crippen molar-refractivity contribution in [2.45, 2.75) is 0 Å². The molecule has 0 fully saturated rings. The van der Waals surface area contributed by atoms with E-state index in [1.807, 2.05) is 41.0 Å². The van der Waals surface area contributed by atoms with Crippen molar-refractivity contribution < 1.29 is 9.18 Å². The lowest BCUT2D eigenvalue weighted by Crippen LogP contribution is -2.13. The van der Waals surface area contributed by atoms with Crippen molar-refractivity contribution in [3.8, 4) is 5.69 Å². The number of carbonyl (C=O) groups excluding carboxylic acids is 1. The van der Waals surface area contributed by atoms with Gasteiger partial charge in [0.1, 0.15) is 12.1 Å². The van der Waals surface area contributed by atoms with Crippen molar-refractivity contribution in [2.24, 2.45) is 0 Å². The van der Waals surface area contributed by atoms with Crippen molar-refractivity contribution in [2.75, 3.05) is 5.32 Å². The van der Waals surface area contributed by atoms with Crippen molar-refractivity contribution in [1.29, 1.82) is 0 Å². The summed E-state index contributed by atoms with van der Waals surface area (Å²) in [6.07, 6.45) is 1.76. The normalized spacial score (nSPS) is 10.8. The fraction of sp³-hybridized carbons (Fsp3) is 0. The molecule has 0 saturated carbocycles. The highest BCUT2D eigenvalue weighted by Crippen LogP contribution is 2.21. The maximum absolute atomic E-state index is 13.8. The minimum absolute atomic E-state index is 0.0101. The zero-order valence-electron chi connectivity index (χ0n) is 13.5. The first kappa shape index (κ1) is 16.5. The Morgan fingerprint density at radius 2 is 1.81 bits per heavy atom. The number of fused-ring (bicyclic) bond motifs is 1. The van der Waals surface area contributed by atoms with E-state index in [1.165, 1.54) is 12.1 Å². The standard InChI is InChI=1S/C20H13BrFN3O/c21-13-5-10-17(22)16(11-13)20(26)24-14-6-8-15(9-7-14)25-12-23-18-3-1-2-4-19(18)25/h1-12H,(H,24,26). The fourth-order valence-corrected chi connectivity index (χ4v) is 3.10. The van der Waals surface area contributed by atoms with Gasteiger partial charge in [-0.1, -0.05) is 28.1 Å². The van der Waals surface area contributed by atoms with Gasteiger partial charge in [-0.15, -0.1) is 0 Å². The maximum Gasteiger partial charge on any atom is 0.258 e. The van der Waals surface area contributed by atoms with E-state index in [-0.39, 0.29) is 5.56 Å². The van der Waals surface area contributed by atoms with Gasteiger partial charge in [0.15, 0.2) is 0 Å². The third-order valence-corrected chi connectivity index (χ3v) is 4.52. The number of imidazole rings is 1. The van der Waals surface area contributed by atoms with Crippen molar-refractivity contribution in [3.63, 3.8) is 0 Å².